The number of thioether (sulfide) groups is 1. The summed E-state index contributed by atoms with van der Waals surface area (Å²) in [5.41, 5.74) is 2.29. The molecule has 1 fully saturated rings. The van der Waals surface area contributed by atoms with Crippen molar-refractivity contribution >= 4 is 50.6 Å². The second-order valence-electron chi connectivity index (χ2n) is 7.48. The number of hydrogen-bond acceptors (Lipinski definition) is 7. The first-order valence-electron chi connectivity index (χ1n) is 10.4. The highest BCUT2D eigenvalue weighted by Gasteiger charge is 2.35. The highest BCUT2D eigenvalue weighted by molar-refractivity contribution is 9.10. The summed E-state index contributed by atoms with van der Waals surface area (Å²) in [6.45, 7) is 0.379. The minimum atomic E-state index is -0.457. The fourth-order valence-corrected chi connectivity index (χ4v) is 4.60. The molecule has 0 radical (unpaired) electrons. The number of nitro benzene ring substituents is 1. The van der Waals surface area contributed by atoms with E-state index in [1.54, 1.807) is 36.4 Å². The van der Waals surface area contributed by atoms with E-state index in [2.05, 4.69) is 15.9 Å². The summed E-state index contributed by atoms with van der Waals surface area (Å²) in [4.78, 5) is 37.2. The van der Waals surface area contributed by atoms with Crippen LogP contribution in [0.3, 0.4) is 0 Å². The zero-order valence-corrected chi connectivity index (χ0v) is 20.9. The maximum atomic E-state index is 12.9. The molecule has 0 spiro atoms. The van der Waals surface area contributed by atoms with E-state index < -0.39 is 4.92 Å². The molecule has 4 rings (SSSR count). The summed E-state index contributed by atoms with van der Waals surface area (Å²) < 4.78 is 12.1. The maximum absolute atomic E-state index is 12.9. The Bertz CT molecular complexity index is 1330. The monoisotopic (exact) mass is 554 g/mol. The predicted molar refractivity (Wildman–Crippen MR) is 136 cm³/mol. The van der Waals surface area contributed by atoms with Gasteiger partial charge in [-0.1, -0.05) is 40.2 Å². The average Bonchev–Trinajstić information content (AvgIpc) is 3.11. The van der Waals surface area contributed by atoms with Crippen LogP contribution >= 0.6 is 27.7 Å². The number of rotatable bonds is 8. The Kier molecular flexibility index (Phi) is 7.52. The molecular formula is C25H19BrN2O6S. The average molecular weight is 555 g/mol. The third-order valence-electron chi connectivity index (χ3n) is 5.19. The standard InChI is InChI=1S/C25H19BrN2O6S/c1-33-22-12-17(8-11-21(22)34-15-16-6-9-19(10-7-16)28(31)32)13-23-24(29)27(25(30)35-23)14-18-4-2-3-5-20(18)26/h2-13H,14-15H2,1H3/b23-13-. The van der Waals surface area contributed by atoms with Gasteiger partial charge in [-0.25, -0.2) is 0 Å². The van der Waals surface area contributed by atoms with Crippen molar-refractivity contribution in [3.05, 3.63) is 103 Å². The van der Waals surface area contributed by atoms with Crippen molar-refractivity contribution in [2.75, 3.05) is 7.11 Å². The van der Waals surface area contributed by atoms with Crippen LogP contribution < -0.4 is 9.47 Å². The third-order valence-corrected chi connectivity index (χ3v) is 6.87. The van der Waals surface area contributed by atoms with Gasteiger partial charge in [-0.3, -0.25) is 24.6 Å². The molecule has 2 amide bonds. The van der Waals surface area contributed by atoms with E-state index in [0.717, 1.165) is 27.4 Å². The van der Waals surface area contributed by atoms with Gasteiger partial charge in [0.1, 0.15) is 6.61 Å². The molecule has 0 saturated carbocycles. The number of hydrogen-bond donors (Lipinski definition) is 0. The lowest BCUT2D eigenvalue weighted by atomic mass is 10.1. The van der Waals surface area contributed by atoms with Crippen molar-refractivity contribution in [3.63, 3.8) is 0 Å². The Morgan fingerprint density at radius 3 is 2.49 bits per heavy atom. The van der Waals surface area contributed by atoms with Crippen LogP contribution in [0.2, 0.25) is 0 Å². The van der Waals surface area contributed by atoms with E-state index >= 15 is 0 Å². The van der Waals surface area contributed by atoms with Gasteiger partial charge >= 0.3 is 0 Å². The topological polar surface area (TPSA) is 99.0 Å². The molecular weight excluding hydrogens is 536 g/mol. The number of nitrogens with zero attached hydrogens (tertiary/aromatic N) is 2. The van der Waals surface area contributed by atoms with Gasteiger partial charge in [0, 0.05) is 16.6 Å². The minimum absolute atomic E-state index is 0.0106. The molecule has 8 nitrogen and oxygen atoms in total. The summed E-state index contributed by atoms with van der Waals surface area (Å²) in [6.07, 6.45) is 1.65. The third kappa shape index (κ3) is 5.72. The van der Waals surface area contributed by atoms with Crippen LogP contribution in [-0.4, -0.2) is 28.1 Å². The SMILES string of the molecule is COc1cc(/C=C2\SC(=O)N(Cc3ccccc3Br)C2=O)ccc1OCc1ccc([N+](=O)[O-])cc1. The molecule has 1 saturated heterocycles. The van der Waals surface area contributed by atoms with Crippen molar-refractivity contribution in [2.45, 2.75) is 13.2 Å². The molecule has 0 bridgehead atoms. The smallest absolute Gasteiger partial charge is 0.293 e. The first-order chi connectivity index (χ1) is 16.9. The molecule has 3 aromatic rings. The first-order valence-corrected chi connectivity index (χ1v) is 12.0. The van der Waals surface area contributed by atoms with Crippen LogP contribution in [0, 0.1) is 10.1 Å². The normalized spacial score (nSPS) is 14.5. The number of benzene rings is 3. The number of amides is 2. The van der Waals surface area contributed by atoms with Gasteiger partial charge in [0.15, 0.2) is 11.5 Å². The zero-order chi connectivity index (χ0) is 24.9. The van der Waals surface area contributed by atoms with Gasteiger partial charge in [-0.05, 0) is 64.9 Å². The van der Waals surface area contributed by atoms with Crippen LogP contribution in [0.4, 0.5) is 10.5 Å². The second kappa shape index (κ2) is 10.7. The van der Waals surface area contributed by atoms with E-state index in [-0.39, 0.29) is 30.0 Å². The Balaban J connectivity index is 1.47. The van der Waals surface area contributed by atoms with Crippen molar-refractivity contribution in [1.82, 2.24) is 4.90 Å². The van der Waals surface area contributed by atoms with Crippen LogP contribution in [0.1, 0.15) is 16.7 Å². The minimum Gasteiger partial charge on any atom is -0.493 e. The number of halogens is 1. The first kappa shape index (κ1) is 24.5. The zero-order valence-electron chi connectivity index (χ0n) is 18.5. The summed E-state index contributed by atoms with van der Waals surface area (Å²) in [7, 11) is 1.50. The largest absolute Gasteiger partial charge is 0.493 e. The van der Waals surface area contributed by atoms with Gasteiger partial charge in [-0.2, -0.15) is 0 Å². The van der Waals surface area contributed by atoms with E-state index in [4.69, 9.17) is 9.47 Å². The van der Waals surface area contributed by atoms with Crippen LogP contribution in [0.15, 0.2) is 76.1 Å². The van der Waals surface area contributed by atoms with Crippen LogP contribution in [-0.2, 0) is 17.9 Å². The summed E-state index contributed by atoms with van der Waals surface area (Å²) in [5.74, 6) is 0.575. The molecule has 35 heavy (non-hydrogen) atoms. The number of imide groups is 1. The fourth-order valence-electron chi connectivity index (χ4n) is 3.35. The molecule has 178 valence electrons. The molecule has 1 aliphatic rings. The molecule has 0 aliphatic carbocycles. The molecule has 1 heterocycles. The van der Waals surface area contributed by atoms with Gasteiger partial charge in [0.2, 0.25) is 0 Å². The molecule has 0 aromatic heterocycles. The quantitative estimate of drug-likeness (QED) is 0.186. The van der Waals surface area contributed by atoms with Gasteiger partial charge < -0.3 is 9.47 Å². The molecule has 0 unspecified atom stereocenters. The molecule has 3 aromatic carbocycles. The molecule has 1 aliphatic heterocycles. The predicted octanol–water partition coefficient (Wildman–Crippen LogP) is 6.18. The maximum Gasteiger partial charge on any atom is 0.293 e. The number of methoxy groups -OCH3 is 1. The summed E-state index contributed by atoms with van der Waals surface area (Å²) >= 11 is 4.34. The van der Waals surface area contributed by atoms with Gasteiger partial charge in [-0.15, -0.1) is 0 Å². The number of carbonyl (C=O) groups excluding carboxylic acids is 2. The molecule has 0 N–H and O–H groups in total. The lowest BCUT2D eigenvalue weighted by Crippen LogP contribution is -2.27. The van der Waals surface area contributed by atoms with Crippen molar-refractivity contribution in [1.29, 1.82) is 0 Å². The summed E-state index contributed by atoms with van der Waals surface area (Å²) in [5, 5.41) is 10.5. The Morgan fingerprint density at radius 2 is 1.80 bits per heavy atom. The van der Waals surface area contributed by atoms with E-state index in [9.17, 15) is 19.7 Å². The molecule has 10 heteroatoms. The fraction of sp³-hybridized carbons (Fsp3) is 0.120. The summed E-state index contributed by atoms with van der Waals surface area (Å²) in [6, 6.07) is 18.7. The van der Waals surface area contributed by atoms with Crippen LogP contribution in [0.5, 0.6) is 11.5 Å². The lowest BCUT2D eigenvalue weighted by molar-refractivity contribution is -0.384. The Hall–Kier alpha value is -3.63. The van der Waals surface area contributed by atoms with E-state index in [1.807, 2.05) is 24.3 Å². The highest BCUT2D eigenvalue weighted by atomic mass is 79.9. The van der Waals surface area contributed by atoms with Crippen molar-refractivity contribution < 1.29 is 24.0 Å². The van der Waals surface area contributed by atoms with Crippen LogP contribution in [0.25, 0.3) is 6.08 Å². The highest BCUT2D eigenvalue weighted by Crippen LogP contribution is 2.36. The number of nitro groups is 1. The number of carbonyl (C=O) groups is 2. The van der Waals surface area contributed by atoms with Crippen molar-refractivity contribution in [2.24, 2.45) is 0 Å². The Labute approximate surface area is 213 Å². The molecule has 0 atom stereocenters. The second-order valence-corrected chi connectivity index (χ2v) is 9.33. The Morgan fingerprint density at radius 1 is 1.06 bits per heavy atom. The van der Waals surface area contributed by atoms with Gasteiger partial charge in [0.05, 0.1) is 23.5 Å². The number of non-ortho nitro benzene ring substituents is 1. The van der Waals surface area contributed by atoms with E-state index in [0.29, 0.717) is 22.0 Å². The lowest BCUT2D eigenvalue weighted by Gasteiger charge is -2.13. The van der Waals surface area contributed by atoms with E-state index in [1.165, 1.54) is 24.1 Å². The van der Waals surface area contributed by atoms with Gasteiger partial charge in [0.25, 0.3) is 16.8 Å². The van der Waals surface area contributed by atoms with Crippen molar-refractivity contribution in [3.8, 4) is 11.5 Å². The number of ether oxygens (including phenoxy) is 2.